The monoisotopic (exact) mass is 351 g/mol. The molecule has 2 rings (SSSR count). The van der Waals surface area contributed by atoms with Gasteiger partial charge in [0.2, 0.25) is 0 Å². The number of nitrogens with zero attached hydrogens (tertiary/aromatic N) is 4. The van der Waals surface area contributed by atoms with Gasteiger partial charge in [-0.05, 0) is 48.8 Å². The molecule has 2 aliphatic rings. The van der Waals surface area contributed by atoms with Crippen molar-refractivity contribution in [2.24, 2.45) is 16.0 Å². The van der Waals surface area contributed by atoms with Crippen molar-refractivity contribution in [3.63, 3.8) is 0 Å². The van der Waals surface area contributed by atoms with Crippen molar-refractivity contribution in [1.82, 2.24) is 10.3 Å². The summed E-state index contributed by atoms with van der Waals surface area (Å²) in [6, 6.07) is 2.30. The minimum atomic E-state index is -0.249. The Balaban J connectivity index is 2.40. The van der Waals surface area contributed by atoms with Gasteiger partial charge in [-0.1, -0.05) is 32.4 Å². The SMILES string of the molecule is CCCN=C/C(=C\C=C\NCC)C1=CC(CCC)=CN2N=CC(C#N)C12. The smallest absolute Gasteiger partial charge is 0.110 e. The van der Waals surface area contributed by atoms with Crippen LogP contribution in [0, 0.1) is 17.2 Å². The summed E-state index contributed by atoms with van der Waals surface area (Å²) in [4.78, 5) is 4.55. The van der Waals surface area contributed by atoms with Crippen LogP contribution >= 0.6 is 0 Å². The first-order valence-corrected chi connectivity index (χ1v) is 9.49. The van der Waals surface area contributed by atoms with E-state index in [4.69, 9.17) is 0 Å². The lowest BCUT2D eigenvalue weighted by Gasteiger charge is -2.30. The highest BCUT2D eigenvalue weighted by Crippen LogP contribution is 2.34. The van der Waals surface area contributed by atoms with Crippen molar-refractivity contribution in [3.05, 3.63) is 47.3 Å². The summed E-state index contributed by atoms with van der Waals surface area (Å²) in [5, 5.41) is 19.1. The summed E-state index contributed by atoms with van der Waals surface area (Å²) < 4.78 is 0. The fourth-order valence-electron chi connectivity index (χ4n) is 3.04. The first-order chi connectivity index (χ1) is 12.7. The Labute approximate surface area is 157 Å². The fraction of sp³-hybridized carbons (Fsp3) is 0.476. The molecular weight excluding hydrogens is 322 g/mol. The first-order valence-electron chi connectivity index (χ1n) is 9.49. The average Bonchev–Trinajstić information content (AvgIpc) is 3.06. The van der Waals surface area contributed by atoms with Crippen LogP contribution in [-0.2, 0) is 0 Å². The molecule has 1 N–H and O–H groups in total. The van der Waals surface area contributed by atoms with E-state index in [1.165, 1.54) is 5.57 Å². The number of hydrogen-bond acceptors (Lipinski definition) is 5. The Morgan fingerprint density at radius 1 is 1.38 bits per heavy atom. The fourth-order valence-corrected chi connectivity index (χ4v) is 3.04. The van der Waals surface area contributed by atoms with Gasteiger partial charge in [-0.3, -0.25) is 10.0 Å². The van der Waals surface area contributed by atoms with Gasteiger partial charge < -0.3 is 5.32 Å². The molecule has 0 spiro atoms. The quantitative estimate of drug-likeness (QED) is 0.505. The molecule has 26 heavy (non-hydrogen) atoms. The van der Waals surface area contributed by atoms with Crippen LogP contribution in [0.4, 0.5) is 0 Å². The standard InChI is InChI=1S/C21H29N5/c1-4-8-17-12-20(21-19(13-22)15-25-26(21)16-17)18(14-24-10-5-2)9-7-11-23-6-3/h7,9,11-12,14-16,19,21,23H,4-6,8,10H2,1-3H3/b11-7+,18-9+,24-14?. The molecule has 0 aromatic heterocycles. The molecule has 2 aliphatic heterocycles. The van der Waals surface area contributed by atoms with Crippen LogP contribution in [0.5, 0.6) is 0 Å². The third-order valence-corrected chi connectivity index (χ3v) is 4.24. The van der Waals surface area contributed by atoms with Gasteiger partial charge in [0.25, 0.3) is 0 Å². The number of aliphatic imine (C=N–C) groups is 1. The topological polar surface area (TPSA) is 63.8 Å². The third kappa shape index (κ3) is 4.95. The normalized spacial score (nSPS) is 22.5. The summed E-state index contributed by atoms with van der Waals surface area (Å²) >= 11 is 0. The summed E-state index contributed by atoms with van der Waals surface area (Å²) in [5.74, 6) is -0.249. The zero-order valence-electron chi connectivity index (χ0n) is 16.0. The van der Waals surface area contributed by atoms with Crippen LogP contribution in [0.25, 0.3) is 0 Å². The van der Waals surface area contributed by atoms with Gasteiger partial charge in [0.1, 0.15) is 5.92 Å². The van der Waals surface area contributed by atoms with E-state index in [1.54, 1.807) is 6.21 Å². The van der Waals surface area contributed by atoms with Gasteiger partial charge in [0, 0.05) is 31.7 Å². The Hall–Kier alpha value is -2.61. The van der Waals surface area contributed by atoms with Crippen molar-refractivity contribution < 1.29 is 0 Å². The van der Waals surface area contributed by atoms with Crippen LogP contribution in [-0.4, -0.2) is 36.6 Å². The molecule has 0 saturated heterocycles. The van der Waals surface area contributed by atoms with Crippen LogP contribution in [0.1, 0.15) is 40.0 Å². The van der Waals surface area contributed by atoms with Crippen LogP contribution in [0.3, 0.4) is 0 Å². The van der Waals surface area contributed by atoms with E-state index in [-0.39, 0.29) is 12.0 Å². The largest absolute Gasteiger partial charge is 0.391 e. The Bertz CT molecular complexity index is 688. The minimum absolute atomic E-state index is 0.0764. The zero-order chi connectivity index (χ0) is 18.8. The van der Waals surface area contributed by atoms with Crippen LogP contribution in [0.15, 0.2) is 57.4 Å². The number of fused-ring (bicyclic) bond motifs is 1. The summed E-state index contributed by atoms with van der Waals surface area (Å²) in [6.07, 6.45) is 17.0. The number of hydrogen-bond donors (Lipinski definition) is 1. The van der Waals surface area contributed by atoms with E-state index in [1.807, 2.05) is 23.5 Å². The van der Waals surface area contributed by atoms with Crippen molar-refractivity contribution in [1.29, 1.82) is 5.26 Å². The van der Waals surface area contributed by atoms with Crippen molar-refractivity contribution in [2.75, 3.05) is 13.1 Å². The molecule has 2 unspecified atom stereocenters. The zero-order valence-corrected chi connectivity index (χ0v) is 16.0. The van der Waals surface area contributed by atoms with Crippen molar-refractivity contribution in [2.45, 2.75) is 46.1 Å². The number of nitriles is 1. The molecule has 138 valence electrons. The maximum atomic E-state index is 9.54. The van der Waals surface area contributed by atoms with Gasteiger partial charge in [0.15, 0.2) is 0 Å². The number of allylic oxidation sites excluding steroid dienone is 4. The molecule has 0 aliphatic carbocycles. The molecule has 0 aromatic rings. The van der Waals surface area contributed by atoms with Gasteiger partial charge in [-0.15, -0.1) is 0 Å². The molecule has 0 aromatic carbocycles. The van der Waals surface area contributed by atoms with Gasteiger partial charge in [-0.2, -0.15) is 10.4 Å². The molecule has 0 amide bonds. The molecule has 2 atom stereocenters. The Morgan fingerprint density at radius 3 is 2.92 bits per heavy atom. The van der Waals surface area contributed by atoms with Crippen molar-refractivity contribution in [3.8, 4) is 6.07 Å². The third-order valence-electron chi connectivity index (χ3n) is 4.24. The molecule has 5 nitrogen and oxygen atoms in total. The van der Waals surface area contributed by atoms with E-state index in [9.17, 15) is 5.26 Å². The second kappa shape index (κ2) is 10.4. The van der Waals surface area contributed by atoms with Crippen molar-refractivity contribution >= 4 is 12.4 Å². The molecule has 0 saturated carbocycles. The molecular formula is C21H29N5. The molecule has 2 heterocycles. The summed E-state index contributed by atoms with van der Waals surface area (Å²) in [7, 11) is 0. The molecule has 0 fully saturated rings. The Morgan fingerprint density at radius 2 is 2.23 bits per heavy atom. The maximum Gasteiger partial charge on any atom is 0.110 e. The lowest BCUT2D eigenvalue weighted by atomic mass is 9.86. The molecule has 5 heteroatoms. The number of nitrogens with one attached hydrogen (secondary N) is 1. The van der Waals surface area contributed by atoms with Crippen LogP contribution < -0.4 is 5.32 Å². The average molecular weight is 351 g/mol. The van der Waals surface area contributed by atoms with Gasteiger partial charge >= 0.3 is 0 Å². The van der Waals surface area contributed by atoms with E-state index in [0.717, 1.165) is 43.5 Å². The summed E-state index contributed by atoms with van der Waals surface area (Å²) in [5.41, 5.74) is 3.39. The second-order valence-electron chi connectivity index (χ2n) is 6.37. The summed E-state index contributed by atoms with van der Waals surface area (Å²) in [6.45, 7) is 8.03. The number of hydrazone groups is 1. The van der Waals surface area contributed by atoms with Crippen LogP contribution in [0.2, 0.25) is 0 Å². The molecule has 0 bridgehead atoms. The lowest BCUT2D eigenvalue weighted by molar-refractivity contribution is 0.331. The predicted octanol–water partition coefficient (Wildman–Crippen LogP) is 3.95. The molecule has 0 radical (unpaired) electrons. The highest BCUT2D eigenvalue weighted by Gasteiger charge is 2.36. The van der Waals surface area contributed by atoms with E-state index in [0.29, 0.717) is 0 Å². The van der Waals surface area contributed by atoms with E-state index < -0.39 is 0 Å². The highest BCUT2D eigenvalue weighted by molar-refractivity contribution is 5.87. The van der Waals surface area contributed by atoms with E-state index in [2.05, 4.69) is 60.6 Å². The van der Waals surface area contributed by atoms with E-state index >= 15 is 0 Å². The predicted molar refractivity (Wildman–Crippen MR) is 109 cm³/mol. The highest BCUT2D eigenvalue weighted by atomic mass is 15.5. The first kappa shape index (κ1) is 19.7. The second-order valence-corrected chi connectivity index (χ2v) is 6.37. The van der Waals surface area contributed by atoms with Gasteiger partial charge in [-0.25, -0.2) is 0 Å². The number of rotatable bonds is 9. The Kier molecular flexibility index (Phi) is 7.88. The minimum Gasteiger partial charge on any atom is -0.391 e. The van der Waals surface area contributed by atoms with Gasteiger partial charge in [0.05, 0.1) is 12.1 Å². The maximum absolute atomic E-state index is 9.54. The lowest BCUT2D eigenvalue weighted by Crippen LogP contribution is -2.33.